The molecule has 190 valence electrons. The number of amides is 1. The molecule has 0 aromatic heterocycles. The number of ether oxygens (including phenoxy) is 1. The number of carbonyl (C=O) groups is 1. The van der Waals surface area contributed by atoms with Crippen molar-refractivity contribution in [2.24, 2.45) is 5.92 Å². The second-order valence-electron chi connectivity index (χ2n) is 9.04. The average Bonchev–Trinajstić information content (AvgIpc) is 3.40. The molecule has 1 N–H and O–H groups in total. The zero-order chi connectivity index (χ0) is 25.2. The van der Waals surface area contributed by atoms with Crippen molar-refractivity contribution in [3.8, 4) is 5.75 Å². The van der Waals surface area contributed by atoms with E-state index in [1.807, 2.05) is 0 Å². The van der Waals surface area contributed by atoms with Gasteiger partial charge in [-0.05, 0) is 74.1 Å². The van der Waals surface area contributed by atoms with Gasteiger partial charge in [0.05, 0.1) is 22.5 Å². The molecule has 0 atom stereocenters. The van der Waals surface area contributed by atoms with E-state index in [4.69, 9.17) is 4.74 Å². The smallest absolute Gasteiger partial charge is 0.259 e. The molecule has 2 aromatic carbocycles. The Morgan fingerprint density at radius 2 is 1.40 bits per heavy atom. The lowest BCUT2D eigenvalue weighted by Gasteiger charge is -2.29. The van der Waals surface area contributed by atoms with Gasteiger partial charge in [0.15, 0.2) is 0 Å². The van der Waals surface area contributed by atoms with Crippen LogP contribution in [-0.4, -0.2) is 64.6 Å². The number of sulfonamides is 2. The van der Waals surface area contributed by atoms with E-state index in [-0.39, 0.29) is 21.1 Å². The number of hydrogen-bond acceptors (Lipinski definition) is 6. The van der Waals surface area contributed by atoms with Gasteiger partial charge in [-0.3, -0.25) is 4.79 Å². The van der Waals surface area contributed by atoms with Crippen LogP contribution in [0.2, 0.25) is 0 Å². The maximum atomic E-state index is 13.2. The van der Waals surface area contributed by atoms with E-state index >= 15 is 0 Å². The number of hydrogen-bond donors (Lipinski definition) is 1. The molecule has 2 heterocycles. The van der Waals surface area contributed by atoms with E-state index in [2.05, 4.69) is 12.2 Å². The molecule has 2 saturated heterocycles. The van der Waals surface area contributed by atoms with Crippen LogP contribution in [0.4, 0.5) is 5.69 Å². The molecule has 0 bridgehead atoms. The van der Waals surface area contributed by atoms with Crippen molar-refractivity contribution in [3.05, 3.63) is 48.0 Å². The van der Waals surface area contributed by atoms with Crippen LogP contribution < -0.4 is 10.1 Å². The summed E-state index contributed by atoms with van der Waals surface area (Å²) in [6.07, 6.45) is 3.29. The van der Waals surface area contributed by atoms with E-state index in [0.29, 0.717) is 37.8 Å². The highest BCUT2D eigenvalue weighted by atomic mass is 32.2. The fourth-order valence-corrected chi connectivity index (χ4v) is 7.40. The monoisotopic (exact) mass is 521 g/mol. The number of benzene rings is 2. The van der Waals surface area contributed by atoms with E-state index in [0.717, 1.165) is 25.7 Å². The molecule has 2 aliphatic heterocycles. The fourth-order valence-electron chi connectivity index (χ4n) is 4.39. The minimum Gasteiger partial charge on any atom is -0.496 e. The van der Waals surface area contributed by atoms with Crippen LogP contribution in [0.5, 0.6) is 5.75 Å². The van der Waals surface area contributed by atoms with Crippen LogP contribution in [0.25, 0.3) is 0 Å². The Bertz CT molecular complexity index is 1280. The molecule has 9 nitrogen and oxygen atoms in total. The number of rotatable bonds is 7. The lowest BCUT2D eigenvalue weighted by Crippen LogP contribution is -2.37. The number of nitrogens with one attached hydrogen (secondary N) is 1. The first kappa shape index (κ1) is 25.6. The summed E-state index contributed by atoms with van der Waals surface area (Å²) in [6.45, 7) is 4.02. The van der Waals surface area contributed by atoms with Gasteiger partial charge < -0.3 is 10.1 Å². The van der Waals surface area contributed by atoms with Gasteiger partial charge in [-0.1, -0.05) is 6.92 Å². The van der Waals surface area contributed by atoms with Gasteiger partial charge in [0.1, 0.15) is 5.75 Å². The molecule has 1 amide bonds. The molecule has 0 aliphatic carbocycles. The molecule has 0 spiro atoms. The topological polar surface area (TPSA) is 113 Å². The highest BCUT2D eigenvalue weighted by molar-refractivity contribution is 7.89. The number of anilines is 1. The maximum absolute atomic E-state index is 13.2. The highest BCUT2D eigenvalue weighted by Gasteiger charge is 2.30. The first-order chi connectivity index (χ1) is 16.6. The van der Waals surface area contributed by atoms with Gasteiger partial charge >= 0.3 is 0 Å². The highest BCUT2D eigenvalue weighted by Crippen LogP contribution is 2.28. The van der Waals surface area contributed by atoms with Gasteiger partial charge in [-0.2, -0.15) is 8.61 Å². The second-order valence-corrected chi connectivity index (χ2v) is 12.9. The molecular formula is C24H31N3O6S2. The van der Waals surface area contributed by atoms with E-state index in [9.17, 15) is 21.6 Å². The standard InChI is InChI=1S/C24H31N3O6S2/c1-18-11-15-27(16-12-18)35(31,32)21-9-10-23(33-2)22(17-21)24(28)25-19-5-7-20(8-6-19)34(29,30)26-13-3-4-14-26/h5-10,17-18H,3-4,11-16H2,1-2H3,(H,25,28). The summed E-state index contributed by atoms with van der Waals surface area (Å²) in [5.41, 5.74) is 0.462. The molecule has 35 heavy (non-hydrogen) atoms. The maximum Gasteiger partial charge on any atom is 0.259 e. The Morgan fingerprint density at radius 3 is 2.00 bits per heavy atom. The van der Waals surface area contributed by atoms with Crippen LogP contribution in [0, 0.1) is 5.92 Å². The number of carbonyl (C=O) groups excluding carboxylic acids is 1. The third-order valence-corrected chi connectivity index (χ3v) is 10.4. The van der Waals surface area contributed by atoms with Gasteiger partial charge in [-0.15, -0.1) is 0 Å². The molecule has 11 heteroatoms. The van der Waals surface area contributed by atoms with Crippen molar-refractivity contribution in [3.63, 3.8) is 0 Å². The molecule has 2 fully saturated rings. The molecule has 2 aliphatic rings. The Morgan fingerprint density at radius 1 is 0.857 bits per heavy atom. The zero-order valence-corrected chi connectivity index (χ0v) is 21.6. The average molecular weight is 522 g/mol. The summed E-state index contributed by atoms with van der Waals surface area (Å²) in [5, 5.41) is 2.71. The third kappa shape index (κ3) is 5.37. The fraction of sp³-hybridized carbons (Fsp3) is 0.458. The van der Waals surface area contributed by atoms with Crippen LogP contribution in [0.3, 0.4) is 0 Å². The minimum atomic E-state index is -3.74. The van der Waals surface area contributed by atoms with Crippen LogP contribution in [-0.2, 0) is 20.0 Å². The largest absolute Gasteiger partial charge is 0.496 e. The van der Waals surface area contributed by atoms with Crippen molar-refractivity contribution in [1.82, 2.24) is 8.61 Å². The Balaban J connectivity index is 1.54. The summed E-state index contributed by atoms with van der Waals surface area (Å²) in [6, 6.07) is 10.2. The predicted octanol–water partition coefficient (Wildman–Crippen LogP) is 3.15. The molecule has 0 radical (unpaired) electrons. The Labute approximate surface area is 207 Å². The van der Waals surface area contributed by atoms with E-state index in [1.165, 1.54) is 58.2 Å². The molecule has 0 saturated carbocycles. The first-order valence-electron chi connectivity index (χ1n) is 11.7. The quantitative estimate of drug-likeness (QED) is 0.599. The van der Waals surface area contributed by atoms with Crippen LogP contribution in [0.15, 0.2) is 52.3 Å². The lowest BCUT2D eigenvalue weighted by atomic mass is 10.0. The Kier molecular flexibility index (Phi) is 7.51. The first-order valence-corrected chi connectivity index (χ1v) is 14.6. The van der Waals surface area contributed by atoms with Crippen molar-refractivity contribution >= 4 is 31.6 Å². The summed E-state index contributed by atoms with van der Waals surface area (Å²) < 4.78 is 60.0. The minimum absolute atomic E-state index is 0.0325. The van der Waals surface area contributed by atoms with Crippen molar-refractivity contribution in [1.29, 1.82) is 0 Å². The predicted molar refractivity (Wildman–Crippen MR) is 133 cm³/mol. The van der Waals surface area contributed by atoms with Crippen LogP contribution in [0.1, 0.15) is 43.0 Å². The zero-order valence-electron chi connectivity index (χ0n) is 19.9. The normalized spacial score (nSPS) is 18.5. The summed E-state index contributed by atoms with van der Waals surface area (Å²) >= 11 is 0. The summed E-state index contributed by atoms with van der Waals surface area (Å²) in [7, 11) is -5.89. The molecule has 4 rings (SSSR count). The number of nitrogens with zero attached hydrogens (tertiary/aromatic N) is 2. The van der Waals surface area contributed by atoms with Gasteiger partial charge in [-0.25, -0.2) is 16.8 Å². The van der Waals surface area contributed by atoms with Crippen molar-refractivity contribution < 1.29 is 26.4 Å². The van der Waals surface area contributed by atoms with Gasteiger partial charge in [0, 0.05) is 31.9 Å². The van der Waals surface area contributed by atoms with E-state index in [1.54, 1.807) is 0 Å². The third-order valence-electron chi connectivity index (χ3n) is 6.61. The van der Waals surface area contributed by atoms with Crippen molar-refractivity contribution in [2.45, 2.75) is 42.4 Å². The molecule has 0 unspecified atom stereocenters. The molecular weight excluding hydrogens is 490 g/mol. The number of methoxy groups -OCH3 is 1. The van der Waals surface area contributed by atoms with Crippen LogP contribution >= 0.6 is 0 Å². The summed E-state index contributed by atoms with van der Waals surface area (Å²) in [5.74, 6) is 0.165. The van der Waals surface area contributed by atoms with Gasteiger partial charge in [0.2, 0.25) is 20.0 Å². The SMILES string of the molecule is COc1ccc(S(=O)(=O)N2CCC(C)CC2)cc1C(=O)Nc1ccc(S(=O)(=O)N2CCCC2)cc1. The van der Waals surface area contributed by atoms with Gasteiger partial charge in [0.25, 0.3) is 5.91 Å². The lowest BCUT2D eigenvalue weighted by molar-refractivity contribution is 0.102. The van der Waals surface area contributed by atoms with Crippen molar-refractivity contribution in [2.75, 3.05) is 38.6 Å². The second kappa shape index (κ2) is 10.3. The van der Waals surface area contributed by atoms with E-state index < -0.39 is 26.0 Å². The Hall–Kier alpha value is -2.47. The summed E-state index contributed by atoms with van der Waals surface area (Å²) in [4.78, 5) is 13.3. The molecule has 2 aromatic rings. The number of piperidine rings is 1.